The number of hydrogen-bond donors (Lipinski definition) is 3. The van der Waals surface area contributed by atoms with Gasteiger partial charge in [-0.05, 0) is 85.1 Å². The van der Waals surface area contributed by atoms with Crippen molar-refractivity contribution in [2.75, 3.05) is 17.2 Å². The largest absolute Gasteiger partial charge is 0.508 e. The number of hydrogen-bond acceptors (Lipinski definition) is 5. The van der Waals surface area contributed by atoms with E-state index in [9.17, 15) is 20.0 Å². The van der Waals surface area contributed by atoms with Crippen molar-refractivity contribution in [2.45, 2.75) is 13.8 Å². The van der Waals surface area contributed by atoms with Crippen LogP contribution < -0.4 is 15.4 Å². The molecule has 7 nitrogen and oxygen atoms in total. The Bertz CT molecular complexity index is 1290. The van der Waals surface area contributed by atoms with Crippen molar-refractivity contribution in [3.05, 3.63) is 87.9 Å². The molecule has 0 aliphatic heterocycles. The molecule has 8 heteroatoms. The summed E-state index contributed by atoms with van der Waals surface area (Å²) in [5, 5.41) is 24.3. The van der Waals surface area contributed by atoms with Crippen LogP contribution in [0.3, 0.4) is 0 Å². The number of rotatable bonds is 7. The van der Waals surface area contributed by atoms with Crippen molar-refractivity contribution < 1.29 is 19.4 Å². The van der Waals surface area contributed by atoms with Crippen LogP contribution in [0.15, 0.2) is 66.2 Å². The Hall–Kier alpha value is -4.28. The number of anilines is 2. The minimum Gasteiger partial charge on any atom is -0.508 e. The van der Waals surface area contributed by atoms with E-state index in [1.54, 1.807) is 12.1 Å². The van der Waals surface area contributed by atoms with E-state index < -0.39 is 5.91 Å². The first-order valence-electron chi connectivity index (χ1n) is 10.3. The van der Waals surface area contributed by atoms with Crippen LogP contribution in [0.5, 0.6) is 11.5 Å². The Morgan fingerprint density at radius 3 is 2.35 bits per heavy atom. The molecular weight excluding hydrogens is 454 g/mol. The van der Waals surface area contributed by atoms with Crippen LogP contribution in [0.25, 0.3) is 6.08 Å². The van der Waals surface area contributed by atoms with Gasteiger partial charge in [-0.1, -0.05) is 23.7 Å². The van der Waals surface area contributed by atoms with E-state index in [0.29, 0.717) is 22.7 Å². The van der Waals surface area contributed by atoms with E-state index in [4.69, 9.17) is 16.3 Å². The molecule has 172 valence electrons. The first kappa shape index (κ1) is 24.4. The van der Waals surface area contributed by atoms with Crippen molar-refractivity contribution in [3.8, 4) is 17.6 Å². The van der Waals surface area contributed by atoms with Gasteiger partial charge in [0.1, 0.15) is 23.1 Å². The maximum atomic E-state index is 12.4. The molecule has 3 aromatic rings. The number of nitrogens with one attached hydrogen (secondary N) is 2. The highest BCUT2D eigenvalue weighted by Gasteiger charge is 2.12. The predicted octanol–water partition coefficient (Wildman–Crippen LogP) is 5.23. The lowest BCUT2D eigenvalue weighted by atomic mass is 10.1. The maximum Gasteiger partial charge on any atom is 0.266 e. The molecule has 0 heterocycles. The molecule has 3 N–H and O–H groups in total. The van der Waals surface area contributed by atoms with Gasteiger partial charge in [-0.15, -0.1) is 0 Å². The molecule has 0 fully saturated rings. The minimum atomic E-state index is -0.604. The number of nitriles is 1. The molecule has 34 heavy (non-hydrogen) atoms. The topological polar surface area (TPSA) is 111 Å². The lowest BCUT2D eigenvalue weighted by Crippen LogP contribution is -2.20. The summed E-state index contributed by atoms with van der Waals surface area (Å²) in [6.07, 6.45) is 1.39. The van der Waals surface area contributed by atoms with Crippen LogP contribution >= 0.6 is 11.6 Å². The summed E-state index contributed by atoms with van der Waals surface area (Å²) < 4.78 is 5.52. The fourth-order valence-corrected chi connectivity index (χ4v) is 3.19. The number of amides is 2. The van der Waals surface area contributed by atoms with Gasteiger partial charge in [0.15, 0.2) is 6.61 Å². The van der Waals surface area contributed by atoms with Gasteiger partial charge in [-0.2, -0.15) is 5.26 Å². The van der Waals surface area contributed by atoms with E-state index >= 15 is 0 Å². The van der Waals surface area contributed by atoms with Gasteiger partial charge in [0, 0.05) is 11.4 Å². The number of aryl methyl sites for hydroxylation is 2. The normalized spacial score (nSPS) is 10.8. The van der Waals surface area contributed by atoms with Gasteiger partial charge >= 0.3 is 0 Å². The zero-order chi connectivity index (χ0) is 24.7. The number of nitrogens with zero attached hydrogens (tertiary/aromatic N) is 1. The fourth-order valence-electron chi connectivity index (χ4n) is 2.94. The molecule has 3 aromatic carbocycles. The van der Waals surface area contributed by atoms with E-state index in [1.807, 2.05) is 38.1 Å². The summed E-state index contributed by atoms with van der Waals surface area (Å²) in [6.45, 7) is 3.72. The molecule has 0 atom stereocenters. The lowest BCUT2D eigenvalue weighted by molar-refractivity contribution is -0.118. The lowest BCUT2D eigenvalue weighted by Gasteiger charge is -2.10. The number of carbonyl (C=O) groups is 2. The van der Waals surface area contributed by atoms with E-state index in [0.717, 1.165) is 11.1 Å². The number of benzene rings is 3. The number of ether oxygens (including phenoxy) is 1. The van der Waals surface area contributed by atoms with Crippen LogP contribution in [0.1, 0.15) is 16.7 Å². The van der Waals surface area contributed by atoms with E-state index in [-0.39, 0.29) is 28.9 Å². The first-order valence-corrected chi connectivity index (χ1v) is 10.6. The molecule has 0 saturated carbocycles. The van der Waals surface area contributed by atoms with Crippen molar-refractivity contribution in [1.29, 1.82) is 5.26 Å². The third-order valence-electron chi connectivity index (χ3n) is 4.91. The van der Waals surface area contributed by atoms with Gasteiger partial charge in [-0.3, -0.25) is 9.59 Å². The second kappa shape index (κ2) is 11.0. The number of phenolic OH excluding ortho intramolecular Hbond substituents is 1. The molecule has 0 saturated heterocycles. The zero-order valence-corrected chi connectivity index (χ0v) is 19.3. The number of aromatic hydroxyl groups is 1. The summed E-state index contributed by atoms with van der Waals surface area (Å²) in [6, 6.07) is 18.1. The van der Waals surface area contributed by atoms with Gasteiger partial charge in [-0.25, -0.2) is 0 Å². The Balaban J connectivity index is 1.62. The second-order valence-corrected chi connectivity index (χ2v) is 7.90. The maximum absolute atomic E-state index is 12.4. The van der Waals surface area contributed by atoms with Crippen molar-refractivity contribution >= 4 is 40.9 Å². The van der Waals surface area contributed by atoms with Crippen molar-refractivity contribution in [1.82, 2.24) is 0 Å². The first-order chi connectivity index (χ1) is 16.2. The molecule has 2 amide bonds. The zero-order valence-electron chi connectivity index (χ0n) is 18.6. The monoisotopic (exact) mass is 475 g/mol. The van der Waals surface area contributed by atoms with Crippen molar-refractivity contribution in [2.24, 2.45) is 0 Å². The van der Waals surface area contributed by atoms with E-state index in [1.165, 1.54) is 36.4 Å². The number of carbonyl (C=O) groups excluding carboxylic acids is 2. The fraction of sp³-hybridized carbons (Fsp3) is 0.115. The molecular formula is C26H22ClN3O4. The molecule has 0 aliphatic rings. The third-order valence-corrected chi connectivity index (χ3v) is 5.20. The number of phenols is 1. The Morgan fingerprint density at radius 1 is 1.00 bits per heavy atom. The second-order valence-electron chi connectivity index (χ2n) is 7.50. The highest BCUT2D eigenvalue weighted by Crippen LogP contribution is 2.27. The quantitative estimate of drug-likeness (QED) is 0.246. The van der Waals surface area contributed by atoms with Gasteiger partial charge in [0.25, 0.3) is 11.8 Å². The third kappa shape index (κ3) is 6.61. The molecule has 0 spiro atoms. The Kier molecular flexibility index (Phi) is 7.91. The summed E-state index contributed by atoms with van der Waals surface area (Å²) in [5.41, 5.74) is 3.69. The van der Waals surface area contributed by atoms with Crippen LogP contribution in [0.4, 0.5) is 11.4 Å². The standard InChI is InChI=1S/C26H22ClN3O4/c1-16-3-5-21(11-17(16)2)29-25(32)15-34-24-10-4-18(13-23(24)27)12-19(14-28)26(33)30-20-6-8-22(31)9-7-20/h3-13,31H,15H2,1-2H3,(H,29,32)(H,30,33)/b19-12+. The minimum absolute atomic E-state index is 0.0636. The SMILES string of the molecule is Cc1ccc(NC(=O)COc2ccc(/C=C(\C#N)C(=O)Nc3ccc(O)cc3)cc2Cl)cc1C. The molecule has 0 bridgehead atoms. The highest BCUT2D eigenvalue weighted by molar-refractivity contribution is 6.32. The molecule has 0 aliphatic carbocycles. The predicted molar refractivity (Wildman–Crippen MR) is 132 cm³/mol. The van der Waals surface area contributed by atoms with Crippen LogP contribution in [-0.4, -0.2) is 23.5 Å². The summed E-state index contributed by atoms with van der Waals surface area (Å²) in [5.74, 6) is -0.580. The number of halogens is 1. The molecule has 0 unspecified atom stereocenters. The summed E-state index contributed by atoms with van der Waals surface area (Å²) >= 11 is 6.27. The van der Waals surface area contributed by atoms with Crippen LogP contribution in [-0.2, 0) is 9.59 Å². The summed E-state index contributed by atoms with van der Waals surface area (Å²) in [4.78, 5) is 24.6. The molecule has 0 aromatic heterocycles. The average molecular weight is 476 g/mol. The van der Waals surface area contributed by atoms with Crippen molar-refractivity contribution in [3.63, 3.8) is 0 Å². The molecule has 3 rings (SSSR count). The highest BCUT2D eigenvalue weighted by atomic mass is 35.5. The Labute approximate surface area is 202 Å². The smallest absolute Gasteiger partial charge is 0.266 e. The van der Waals surface area contributed by atoms with Crippen LogP contribution in [0, 0.1) is 25.2 Å². The van der Waals surface area contributed by atoms with Crippen LogP contribution in [0.2, 0.25) is 5.02 Å². The van der Waals surface area contributed by atoms with Gasteiger partial charge < -0.3 is 20.5 Å². The molecule has 0 radical (unpaired) electrons. The van der Waals surface area contributed by atoms with Gasteiger partial charge in [0.05, 0.1) is 5.02 Å². The summed E-state index contributed by atoms with van der Waals surface area (Å²) in [7, 11) is 0. The average Bonchev–Trinajstić information content (AvgIpc) is 2.80. The Morgan fingerprint density at radius 2 is 1.71 bits per heavy atom. The van der Waals surface area contributed by atoms with Gasteiger partial charge in [0.2, 0.25) is 0 Å². The van der Waals surface area contributed by atoms with E-state index in [2.05, 4.69) is 10.6 Å².